The smallest absolute Gasteiger partial charge is 0.227 e. The van der Waals surface area contributed by atoms with E-state index in [1.807, 2.05) is 54.0 Å². The average molecular weight is 371 g/mol. The number of likely N-dealkylation sites (tertiary alicyclic amines) is 1. The van der Waals surface area contributed by atoms with E-state index in [1.54, 1.807) is 0 Å². The van der Waals surface area contributed by atoms with E-state index in [0.717, 1.165) is 5.56 Å². The van der Waals surface area contributed by atoms with Crippen molar-refractivity contribution in [1.29, 1.82) is 0 Å². The van der Waals surface area contributed by atoms with E-state index >= 15 is 0 Å². The number of hydrogen-bond donors (Lipinski definition) is 1. The van der Waals surface area contributed by atoms with Crippen LogP contribution in [0.5, 0.6) is 0 Å². The summed E-state index contributed by atoms with van der Waals surface area (Å²) in [6, 6.07) is 10.0. The third-order valence-corrected chi connectivity index (χ3v) is 6.24. The highest BCUT2D eigenvalue weighted by atomic mass is 16.3. The summed E-state index contributed by atoms with van der Waals surface area (Å²) in [4.78, 5) is 31.5. The summed E-state index contributed by atoms with van der Waals surface area (Å²) in [6.45, 7) is 7.14. The lowest BCUT2D eigenvalue weighted by molar-refractivity contribution is -0.162. The summed E-state index contributed by atoms with van der Waals surface area (Å²) in [5.74, 6) is 0.274. The van der Waals surface area contributed by atoms with Crippen molar-refractivity contribution in [3.05, 3.63) is 35.9 Å². The Bertz CT molecular complexity index is 715. The molecular weight excluding hydrogens is 342 g/mol. The maximum Gasteiger partial charge on any atom is 0.227 e. The van der Waals surface area contributed by atoms with E-state index < -0.39 is 0 Å². The van der Waals surface area contributed by atoms with Crippen LogP contribution in [-0.2, 0) is 16.0 Å². The van der Waals surface area contributed by atoms with Gasteiger partial charge in [0.05, 0.1) is 18.1 Å². The van der Waals surface area contributed by atoms with E-state index in [0.29, 0.717) is 45.6 Å². The van der Waals surface area contributed by atoms with E-state index in [9.17, 15) is 14.7 Å². The molecule has 2 amide bonds. The normalized spacial score (nSPS) is 27.0. The molecule has 0 aliphatic carbocycles. The van der Waals surface area contributed by atoms with Gasteiger partial charge in [-0.1, -0.05) is 44.2 Å². The van der Waals surface area contributed by atoms with Crippen LogP contribution in [0.1, 0.15) is 25.8 Å². The molecule has 0 radical (unpaired) electrons. The lowest BCUT2D eigenvalue weighted by atomic mass is 9.83. The molecule has 4 rings (SSSR count). The third-order valence-electron chi connectivity index (χ3n) is 6.24. The molecule has 6 heteroatoms. The van der Waals surface area contributed by atoms with E-state index in [4.69, 9.17) is 0 Å². The number of carbonyl (C=O) groups is 2. The molecule has 0 saturated carbocycles. The van der Waals surface area contributed by atoms with Crippen LogP contribution in [0.3, 0.4) is 0 Å². The SMILES string of the molecule is CC(C)C(=O)N1CC2CC(O)CN2C2(CN(C(=O)Cc3ccccc3)C2)C1. The summed E-state index contributed by atoms with van der Waals surface area (Å²) >= 11 is 0. The number of carbonyl (C=O) groups excluding carboxylic acids is 2. The molecular formula is C21H29N3O3. The number of rotatable bonds is 3. The van der Waals surface area contributed by atoms with Gasteiger partial charge in [0.2, 0.25) is 11.8 Å². The van der Waals surface area contributed by atoms with Gasteiger partial charge < -0.3 is 14.9 Å². The molecule has 3 aliphatic heterocycles. The van der Waals surface area contributed by atoms with Crippen molar-refractivity contribution >= 4 is 11.8 Å². The predicted octanol–water partition coefficient (Wildman–Crippen LogP) is 0.744. The van der Waals surface area contributed by atoms with Gasteiger partial charge in [-0.05, 0) is 12.0 Å². The van der Waals surface area contributed by atoms with Crippen LogP contribution in [0.4, 0.5) is 0 Å². The fourth-order valence-electron chi connectivity index (χ4n) is 4.95. The first kappa shape index (κ1) is 18.4. The van der Waals surface area contributed by atoms with Crippen molar-refractivity contribution in [2.75, 3.05) is 32.7 Å². The quantitative estimate of drug-likeness (QED) is 0.851. The van der Waals surface area contributed by atoms with Gasteiger partial charge in [0.25, 0.3) is 0 Å². The number of piperazine rings is 1. The van der Waals surface area contributed by atoms with E-state index in [-0.39, 0.29) is 35.4 Å². The number of hydrogen-bond acceptors (Lipinski definition) is 4. The maximum absolute atomic E-state index is 12.7. The summed E-state index contributed by atoms with van der Waals surface area (Å²) in [7, 11) is 0. The maximum atomic E-state index is 12.7. The Morgan fingerprint density at radius 2 is 1.78 bits per heavy atom. The molecule has 3 saturated heterocycles. The molecule has 3 heterocycles. The van der Waals surface area contributed by atoms with Crippen LogP contribution in [0.2, 0.25) is 0 Å². The number of aliphatic hydroxyl groups is 1. The standard InChI is InChI=1S/C21H29N3O3/c1-15(2)20(27)22-10-17-9-18(25)11-24(17)21(12-22)13-23(14-21)19(26)8-16-6-4-3-5-7-16/h3-7,15,17-18,25H,8-14H2,1-2H3. The van der Waals surface area contributed by atoms with Crippen molar-refractivity contribution in [2.45, 2.75) is 44.4 Å². The summed E-state index contributed by atoms with van der Waals surface area (Å²) in [6.07, 6.45) is 0.786. The van der Waals surface area contributed by atoms with Crippen LogP contribution in [0.25, 0.3) is 0 Å². The number of amides is 2. The number of nitrogens with zero attached hydrogens (tertiary/aromatic N) is 3. The highest BCUT2D eigenvalue weighted by Crippen LogP contribution is 2.39. The minimum absolute atomic E-state index is 0.0316. The highest BCUT2D eigenvalue weighted by molar-refractivity contribution is 5.81. The molecule has 3 aliphatic rings. The molecule has 27 heavy (non-hydrogen) atoms. The number of benzene rings is 1. The molecule has 146 valence electrons. The van der Waals surface area contributed by atoms with Gasteiger partial charge in [-0.3, -0.25) is 14.5 Å². The first-order chi connectivity index (χ1) is 12.9. The van der Waals surface area contributed by atoms with Gasteiger partial charge in [-0.15, -0.1) is 0 Å². The molecule has 1 aromatic carbocycles. The Morgan fingerprint density at radius 1 is 1.11 bits per heavy atom. The summed E-state index contributed by atoms with van der Waals surface area (Å²) in [5.41, 5.74) is 0.829. The third kappa shape index (κ3) is 3.36. The van der Waals surface area contributed by atoms with Gasteiger partial charge in [0.15, 0.2) is 0 Å². The molecule has 1 aromatic rings. The second-order valence-electron chi connectivity index (χ2n) is 8.71. The van der Waals surface area contributed by atoms with Crippen molar-refractivity contribution in [2.24, 2.45) is 5.92 Å². The van der Waals surface area contributed by atoms with Gasteiger partial charge in [-0.25, -0.2) is 0 Å². The van der Waals surface area contributed by atoms with Crippen molar-refractivity contribution < 1.29 is 14.7 Å². The van der Waals surface area contributed by atoms with Gasteiger partial charge in [0, 0.05) is 44.7 Å². The first-order valence-electron chi connectivity index (χ1n) is 9.93. The topological polar surface area (TPSA) is 64.1 Å². The largest absolute Gasteiger partial charge is 0.392 e. The van der Waals surface area contributed by atoms with Gasteiger partial charge in [-0.2, -0.15) is 0 Å². The average Bonchev–Trinajstić information content (AvgIpc) is 2.99. The minimum atomic E-state index is -0.338. The molecule has 0 aromatic heterocycles. The van der Waals surface area contributed by atoms with Crippen molar-refractivity contribution in [1.82, 2.24) is 14.7 Å². The lowest BCUT2D eigenvalue weighted by Gasteiger charge is -2.61. The fourth-order valence-corrected chi connectivity index (χ4v) is 4.95. The first-order valence-corrected chi connectivity index (χ1v) is 9.93. The fraction of sp³-hybridized carbons (Fsp3) is 0.619. The van der Waals surface area contributed by atoms with Crippen molar-refractivity contribution in [3.8, 4) is 0 Å². The second-order valence-corrected chi connectivity index (χ2v) is 8.71. The molecule has 1 spiro atoms. The zero-order valence-corrected chi connectivity index (χ0v) is 16.2. The van der Waals surface area contributed by atoms with Gasteiger partial charge in [0.1, 0.15) is 0 Å². The van der Waals surface area contributed by atoms with E-state index in [2.05, 4.69) is 4.90 Å². The minimum Gasteiger partial charge on any atom is -0.392 e. The zero-order valence-electron chi connectivity index (χ0n) is 16.2. The van der Waals surface area contributed by atoms with Gasteiger partial charge >= 0.3 is 0 Å². The Morgan fingerprint density at radius 3 is 2.44 bits per heavy atom. The lowest BCUT2D eigenvalue weighted by Crippen LogP contribution is -2.79. The Labute approximate surface area is 160 Å². The molecule has 6 nitrogen and oxygen atoms in total. The van der Waals surface area contributed by atoms with Crippen LogP contribution < -0.4 is 0 Å². The van der Waals surface area contributed by atoms with Crippen LogP contribution in [0.15, 0.2) is 30.3 Å². The molecule has 0 bridgehead atoms. The van der Waals surface area contributed by atoms with Crippen LogP contribution in [-0.4, -0.2) is 82.0 Å². The Balaban J connectivity index is 1.46. The van der Waals surface area contributed by atoms with Crippen LogP contribution >= 0.6 is 0 Å². The number of aliphatic hydroxyl groups excluding tert-OH is 1. The molecule has 1 N–H and O–H groups in total. The number of β-amino-alcohol motifs (C(OH)–C–C–N with tert-alkyl or cyclic N) is 1. The van der Waals surface area contributed by atoms with Crippen molar-refractivity contribution in [3.63, 3.8) is 0 Å². The predicted molar refractivity (Wildman–Crippen MR) is 102 cm³/mol. The Hall–Kier alpha value is -1.92. The summed E-state index contributed by atoms with van der Waals surface area (Å²) in [5, 5.41) is 10.2. The Kier molecular flexibility index (Phi) is 4.72. The molecule has 2 atom stereocenters. The monoisotopic (exact) mass is 371 g/mol. The summed E-state index contributed by atoms with van der Waals surface area (Å²) < 4.78 is 0. The highest BCUT2D eigenvalue weighted by Gasteiger charge is 2.57. The van der Waals surface area contributed by atoms with Crippen LogP contribution in [0, 0.1) is 5.92 Å². The molecule has 3 fully saturated rings. The number of fused-ring (bicyclic) bond motifs is 2. The molecule has 2 unspecified atom stereocenters. The zero-order chi connectivity index (χ0) is 19.2. The van der Waals surface area contributed by atoms with E-state index in [1.165, 1.54) is 0 Å². The second kappa shape index (κ2) is 6.91.